The Labute approximate surface area is 107 Å². The molecule has 0 bridgehead atoms. The molecule has 0 saturated carbocycles. The van der Waals surface area contributed by atoms with E-state index in [0.29, 0.717) is 37.4 Å². The highest BCUT2D eigenvalue weighted by Gasteiger charge is 2.01. The van der Waals surface area contributed by atoms with Crippen LogP contribution in [0.15, 0.2) is 24.3 Å². The van der Waals surface area contributed by atoms with Crippen LogP contribution in [0.2, 0.25) is 0 Å². The normalized spacial score (nSPS) is 10.1. The van der Waals surface area contributed by atoms with Crippen molar-refractivity contribution in [2.75, 3.05) is 25.5 Å². The van der Waals surface area contributed by atoms with E-state index in [-0.39, 0.29) is 12.5 Å². The number of nitrogens with one attached hydrogen (secondary N) is 1. The predicted octanol–water partition coefficient (Wildman–Crippen LogP) is 0.926. The van der Waals surface area contributed by atoms with Crippen LogP contribution >= 0.6 is 0 Å². The number of nitrogens with two attached hydrogens (primary N) is 1. The minimum Gasteiger partial charge on any atom is -0.493 e. The topological polar surface area (TPSA) is 84.6 Å². The van der Waals surface area contributed by atoms with Gasteiger partial charge in [-0.3, -0.25) is 4.79 Å². The Hall–Kier alpha value is -1.75. The number of nitrogen functional groups attached to an aromatic ring is 1. The maximum absolute atomic E-state index is 11.4. The number of anilines is 1. The van der Waals surface area contributed by atoms with E-state index in [0.717, 1.165) is 6.42 Å². The van der Waals surface area contributed by atoms with E-state index in [2.05, 4.69) is 5.32 Å². The average Bonchev–Trinajstić information content (AvgIpc) is 2.37. The zero-order valence-corrected chi connectivity index (χ0v) is 10.4. The first-order valence-corrected chi connectivity index (χ1v) is 6.08. The lowest BCUT2D eigenvalue weighted by molar-refractivity contribution is -0.121. The van der Waals surface area contributed by atoms with Crippen molar-refractivity contribution in [2.24, 2.45) is 0 Å². The summed E-state index contributed by atoms with van der Waals surface area (Å²) in [5, 5.41) is 11.3. The zero-order chi connectivity index (χ0) is 13.2. The summed E-state index contributed by atoms with van der Waals surface area (Å²) < 4.78 is 5.40. The van der Waals surface area contributed by atoms with Gasteiger partial charge in [0.1, 0.15) is 5.75 Å². The molecule has 0 heterocycles. The van der Waals surface area contributed by atoms with E-state index >= 15 is 0 Å². The molecule has 5 nitrogen and oxygen atoms in total. The smallest absolute Gasteiger partial charge is 0.223 e. The van der Waals surface area contributed by atoms with Crippen molar-refractivity contribution in [2.45, 2.75) is 19.3 Å². The van der Waals surface area contributed by atoms with Gasteiger partial charge < -0.3 is 20.9 Å². The van der Waals surface area contributed by atoms with Gasteiger partial charge in [0.2, 0.25) is 5.91 Å². The minimum absolute atomic E-state index is 0.0385. The van der Waals surface area contributed by atoms with Crippen LogP contribution in [0.25, 0.3) is 0 Å². The second-order valence-electron chi connectivity index (χ2n) is 3.95. The summed E-state index contributed by atoms with van der Waals surface area (Å²) in [7, 11) is 0. The number of ether oxygens (including phenoxy) is 1. The van der Waals surface area contributed by atoms with Crippen molar-refractivity contribution < 1.29 is 14.6 Å². The van der Waals surface area contributed by atoms with E-state index in [1.54, 1.807) is 24.3 Å². The first kappa shape index (κ1) is 14.3. The molecule has 0 atom stereocenters. The maximum atomic E-state index is 11.4. The maximum Gasteiger partial charge on any atom is 0.223 e. The largest absolute Gasteiger partial charge is 0.493 e. The molecule has 1 rings (SSSR count). The molecule has 5 heteroatoms. The van der Waals surface area contributed by atoms with Crippen LogP contribution in [-0.4, -0.2) is 30.8 Å². The summed E-state index contributed by atoms with van der Waals surface area (Å²) in [6, 6.07) is 7.05. The van der Waals surface area contributed by atoms with Gasteiger partial charge in [0.15, 0.2) is 0 Å². The molecule has 1 aromatic rings. The Morgan fingerprint density at radius 3 is 2.67 bits per heavy atom. The van der Waals surface area contributed by atoms with Gasteiger partial charge in [0.05, 0.1) is 13.0 Å². The third kappa shape index (κ3) is 6.10. The summed E-state index contributed by atoms with van der Waals surface area (Å²) in [6.45, 7) is 1.10. The third-order valence-corrected chi connectivity index (χ3v) is 2.39. The number of amides is 1. The number of carbonyl (C=O) groups excluding carboxylic acids is 1. The fourth-order valence-electron chi connectivity index (χ4n) is 1.38. The number of hydrogen-bond donors (Lipinski definition) is 3. The third-order valence-electron chi connectivity index (χ3n) is 2.39. The van der Waals surface area contributed by atoms with E-state index in [1.165, 1.54) is 0 Å². The summed E-state index contributed by atoms with van der Waals surface area (Å²) >= 11 is 0. The van der Waals surface area contributed by atoms with Crippen LogP contribution < -0.4 is 15.8 Å². The van der Waals surface area contributed by atoms with Crippen molar-refractivity contribution >= 4 is 11.6 Å². The lowest BCUT2D eigenvalue weighted by Crippen LogP contribution is -2.26. The first-order valence-electron chi connectivity index (χ1n) is 6.08. The molecule has 0 aliphatic carbocycles. The van der Waals surface area contributed by atoms with Gasteiger partial charge in [0.25, 0.3) is 0 Å². The number of unbranched alkanes of at least 4 members (excludes halogenated alkanes) is 1. The van der Waals surface area contributed by atoms with Crippen LogP contribution in [0, 0.1) is 0 Å². The van der Waals surface area contributed by atoms with Gasteiger partial charge in [-0.15, -0.1) is 0 Å². The number of hydrogen-bond acceptors (Lipinski definition) is 4. The van der Waals surface area contributed by atoms with E-state index in [1.807, 2.05) is 0 Å². The highest BCUT2D eigenvalue weighted by Crippen LogP contribution is 2.12. The van der Waals surface area contributed by atoms with E-state index < -0.39 is 0 Å². The summed E-state index contributed by atoms with van der Waals surface area (Å²) in [6.07, 6.45) is 1.83. The second-order valence-corrected chi connectivity index (χ2v) is 3.95. The number of benzene rings is 1. The van der Waals surface area contributed by atoms with Crippen molar-refractivity contribution in [3.63, 3.8) is 0 Å². The van der Waals surface area contributed by atoms with E-state index in [4.69, 9.17) is 15.6 Å². The number of carbonyl (C=O) groups is 1. The average molecular weight is 252 g/mol. The highest BCUT2D eigenvalue weighted by molar-refractivity contribution is 5.75. The lowest BCUT2D eigenvalue weighted by Gasteiger charge is -2.07. The molecule has 0 fully saturated rings. The van der Waals surface area contributed by atoms with Gasteiger partial charge in [-0.05, 0) is 37.1 Å². The van der Waals surface area contributed by atoms with Gasteiger partial charge in [0, 0.05) is 18.8 Å². The molecule has 0 radical (unpaired) electrons. The van der Waals surface area contributed by atoms with Crippen LogP contribution in [0.1, 0.15) is 19.3 Å². The Kier molecular flexibility index (Phi) is 6.64. The summed E-state index contributed by atoms with van der Waals surface area (Å²) in [4.78, 5) is 11.4. The first-order chi connectivity index (χ1) is 8.72. The summed E-state index contributed by atoms with van der Waals surface area (Å²) in [5.41, 5.74) is 6.23. The second kappa shape index (κ2) is 8.36. The number of rotatable bonds is 8. The molecule has 4 N–H and O–H groups in total. The highest BCUT2D eigenvalue weighted by atomic mass is 16.5. The Morgan fingerprint density at radius 2 is 2.00 bits per heavy atom. The molecular formula is C13H20N2O3. The van der Waals surface area contributed by atoms with Crippen LogP contribution in [-0.2, 0) is 4.79 Å². The SMILES string of the molecule is Nc1ccc(OCCC(=O)NCCCCO)cc1. The van der Waals surface area contributed by atoms with Gasteiger partial charge in [-0.1, -0.05) is 0 Å². The lowest BCUT2D eigenvalue weighted by atomic mass is 10.3. The van der Waals surface area contributed by atoms with Crippen molar-refractivity contribution in [3.05, 3.63) is 24.3 Å². The molecule has 18 heavy (non-hydrogen) atoms. The molecular weight excluding hydrogens is 232 g/mol. The van der Waals surface area contributed by atoms with Crippen LogP contribution in [0.3, 0.4) is 0 Å². The fraction of sp³-hybridized carbons (Fsp3) is 0.462. The Balaban J connectivity index is 2.10. The monoisotopic (exact) mass is 252 g/mol. The molecule has 1 aromatic carbocycles. The van der Waals surface area contributed by atoms with Crippen molar-refractivity contribution in [1.82, 2.24) is 5.32 Å². The molecule has 0 aliphatic rings. The molecule has 0 aliphatic heterocycles. The minimum atomic E-state index is -0.0385. The predicted molar refractivity (Wildman–Crippen MR) is 70.3 cm³/mol. The van der Waals surface area contributed by atoms with E-state index in [9.17, 15) is 4.79 Å². The van der Waals surface area contributed by atoms with Crippen molar-refractivity contribution in [1.29, 1.82) is 0 Å². The van der Waals surface area contributed by atoms with Gasteiger partial charge in [-0.25, -0.2) is 0 Å². The van der Waals surface area contributed by atoms with Crippen LogP contribution in [0.4, 0.5) is 5.69 Å². The summed E-state index contributed by atoms with van der Waals surface area (Å²) in [5.74, 6) is 0.667. The van der Waals surface area contributed by atoms with Crippen molar-refractivity contribution in [3.8, 4) is 5.75 Å². The molecule has 0 saturated heterocycles. The van der Waals surface area contributed by atoms with Gasteiger partial charge >= 0.3 is 0 Å². The zero-order valence-electron chi connectivity index (χ0n) is 10.4. The van der Waals surface area contributed by atoms with Crippen LogP contribution in [0.5, 0.6) is 5.75 Å². The number of aliphatic hydroxyl groups excluding tert-OH is 1. The quantitative estimate of drug-likeness (QED) is 0.474. The standard InChI is InChI=1S/C13H20N2O3/c14-11-3-5-12(6-4-11)18-10-7-13(17)15-8-1-2-9-16/h3-6,16H,1-2,7-10,14H2,(H,15,17). The molecule has 0 aromatic heterocycles. The Bertz CT molecular complexity index is 352. The molecule has 0 unspecified atom stereocenters. The molecule has 100 valence electrons. The molecule has 1 amide bonds. The van der Waals surface area contributed by atoms with Gasteiger partial charge in [-0.2, -0.15) is 0 Å². The Morgan fingerprint density at radius 1 is 1.28 bits per heavy atom. The number of aliphatic hydroxyl groups is 1. The fourth-order valence-corrected chi connectivity index (χ4v) is 1.38. The molecule has 0 spiro atoms.